The Balaban J connectivity index is 2.43. The Morgan fingerprint density at radius 1 is 1.30 bits per heavy atom. The van der Waals surface area contributed by atoms with Gasteiger partial charge in [0.05, 0.1) is 5.41 Å². The van der Waals surface area contributed by atoms with Gasteiger partial charge in [0, 0.05) is 24.0 Å². The molecule has 0 aliphatic carbocycles. The maximum atomic E-state index is 11.4. The van der Waals surface area contributed by atoms with Crippen molar-refractivity contribution < 1.29 is 0 Å². The first-order chi connectivity index (χ1) is 10.9. The number of H-pyrrole nitrogens is 1. The molecule has 0 bridgehead atoms. The van der Waals surface area contributed by atoms with E-state index in [4.69, 9.17) is 11.4 Å². The molecule has 0 spiro atoms. The van der Waals surface area contributed by atoms with E-state index < -0.39 is 5.41 Å². The van der Waals surface area contributed by atoms with Crippen LogP contribution in [0, 0.1) is 12.5 Å². The van der Waals surface area contributed by atoms with Crippen LogP contribution in [0.4, 0.5) is 11.5 Å². The predicted molar refractivity (Wildman–Crippen MR) is 91.3 cm³/mol. The minimum atomic E-state index is -0.608. The number of benzene rings is 1. The van der Waals surface area contributed by atoms with Gasteiger partial charge in [-0.15, -0.1) is 5.11 Å². The summed E-state index contributed by atoms with van der Waals surface area (Å²) < 4.78 is 0. The molecule has 0 unspecified atom stereocenters. The summed E-state index contributed by atoms with van der Waals surface area (Å²) in [4.78, 5) is 14.4. The van der Waals surface area contributed by atoms with Crippen molar-refractivity contribution in [2.75, 3.05) is 5.32 Å². The molecule has 0 saturated heterocycles. The van der Waals surface area contributed by atoms with Gasteiger partial charge in [0.2, 0.25) is 0 Å². The smallest absolute Gasteiger partial charge is 0.183 e. The van der Waals surface area contributed by atoms with Crippen LogP contribution in [-0.4, -0.2) is 10.8 Å². The number of aryl methyl sites for hydroxylation is 1. The van der Waals surface area contributed by atoms with Gasteiger partial charge in [-0.2, -0.15) is 5.10 Å². The first-order valence-electron chi connectivity index (χ1n) is 7.10. The number of nitrogens with two attached hydrogens (primary N) is 1. The van der Waals surface area contributed by atoms with E-state index in [9.17, 15) is 4.79 Å². The molecule has 7 nitrogen and oxygen atoms in total. The molecule has 2 aromatic rings. The molecule has 1 heterocycles. The molecular weight excluding hydrogens is 292 g/mol. The third kappa shape index (κ3) is 3.63. The number of rotatable bonds is 4. The van der Waals surface area contributed by atoms with E-state index in [1.54, 1.807) is 6.20 Å². The summed E-state index contributed by atoms with van der Waals surface area (Å²) in [6.07, 6.45) is 1.59. The number of aromatic nitrogens is 1. The Bertz CT molecular complexity index is 806. The summed E-state index contributed by atoms with van der Waals surface area (Å²) >= 11 is 0. The van der Waals surface area contributed by atoms with Crippen LogP contribution in [0.1, 0.15) is 25.0 Å². The molecule has 7 heteroatoms. The minimum absolute atomic E-state index is 0.0787. The van der Waals surface area contributed by atoms with Crippen LogP contribution in [0.25, 0.3) is 0 Å². The van der Waals surface area contributed by atoms with Gasteiger partial charge in [0.25, 0.3) is 0 Å². The van der Waals surface area contributed by atoms with Crippen LogP contribution in [0.5, 0.6) is 0 Å². The van der Waals surface area contributed by atoms with Gasteiger partial charge in [0.15, 0.2) is 11.3 Å². The number of anilines is 2. The fraction of sp³-hybridized carbons (Fsp3) is 0.250. The van der Waals surface area contributed by atoms with Gasteiger partial charge in [-0.25, -0.2) is 5.53 Å². The van der Waals surface area contributed by atoms with E-state index in [1.165, 1.54) is 12.1 Å². The second-order valence-electron chi connectivity index (χ2n) is 5.84. The molecule has 2 rings (SSSR count). The summed E-state index contributed by atoms with van der Waals surface area (Å²) in [7, 11) is 0. The van der Waals surface area contributed by atoms with Gasteiger partial charge in [-0.05, 0) is 44.0 Å². The lowest BCUT2D eigenvalue weighted by Gasteiger charge is -2.24. The van der Waals surface area contributed by atoms with Gasteiger partial charge < -0.3 is 16.1 Å². The standard InChI is InChI=1S/C16H20N6O/c1-10-6-11(16(2,3)15(21-17)22-18)8-12(7-10)20-14-9-13(23)4-5-19-14/h4-9,17H,18H2,1-3H3,(H2,19,20,23). The largest absolute Gasteiger partial charge is 0.348 e. The zero-order valence-corrected chi connectivity index (χ0v) is 13.3. The number of nitrogens with one attached hydrogen (secondary N) is 3. The highest BCUT2D eigenvalue weighted by Crippen LogP contribution is 2.29. The van der Waals surface area contributed by atoms with Crippen LogP contribution >= 0.6 is 0 Å². The third-order valence-corrected chi connectivity index (χ3v) is 3.64. The summed E-state index contributed by atoms with van der Waals surface area (Å²) in [6, 6.07) is 8.82. The molecular formula is C16H20N6O. The predicted octanol–water partition coefficient (Wildman–Crippen LogP) is 3.01. The third-order valence-electron chi connectivity index (χ3n) is 3.64. The fourth-order valence-electron chi connectivity index (χ4n) is 2.35. The highest BCUT2D eigenvalue weighted by molar-refractivity contribution is 5.92. The SMILES string of the molecule is Cc1cc(Nc2cc(=O)cc[nH]2)cc(C(C)(C)C(N=N)=NN)c1. The second-order valence-corrected chi connectivity index (χ2v) is 5.84. The number of hydrogen-bond acceptors (Lipinski definition) is 5. The molecule has 0 radical (unpaired) electrons. The Labute approximate surface area is 134 Å². The molecule has 5 N–H and O–H groups in total. The zero-order valence-electron chi connectivity index (χ0n) is 13.3. The van der Waals surface area contributed by atoms with Gasteiger partial charge in [0.1, 0.15) is 5.82 Å². The van der Waals surface area contributed by atoms with E-state index >= 15 is 0 Å². The Hall–Kier alpha value is -2.96. The van der Waals surface area contributed by atoms with Crippen LogP contribution in [0.2, 0.25) is 0 Å². The molecule has 0 amide bonds. The van der Waals surface area contributed by atoms with Crippen molar-refractivity contribution in [3.8, 4) is 0 Å². The van der Waals surface area contributed by atoms with Crippen molar-refractivity contribution >= 4 is 17.3 Å². The molecule has 0 aliphatic rings. The molecule has 0 fully saturated rings. The molecule has 1 aromatic carbocycles. The van der Waals surface area contributed by atoms with Crippen molar-refractivity contribution in [2.24, 2.45) is 16.1 Å². The average Bonchev–Trinajstić information content (AvgIpc) is 2.47. The zero-order chi connectivity index (χ0) is 17.0. The van der Waals surface area contributed by atoms with Crippen LogP contribution in [-0.2, 0) is 5.41 Å². The number of aromatic amines is 1. The van der Waals surface area contributed by atoms with E-state index in [0.29, 0.717) is 5.82 Å². The summed E-state index contributed by atoms with van der Waals surface area (Å²) in [6.45, 7) is 5.77. The first-order valence-corrected chi connectivity index (χ1v) is 7.10. The van der Waals surface area contributed by atoms with Gasteiger partial charge >= 0.3 is 0 Å². The van der Waals surface area contributed by atoms with E-state index in [2.05, 4.69) is 20.5 Å². The van der Waals surface area contributed by atoms with Gasteiger partial charge in [-0.1, -0.05) is 6.07 Å². The van der Waals surface area contributed by atoms with Crippen molar-refractivity contribution in [1.82, 2.24) is 4.98 Å². The monoisotopic (exact) mass is 312 g/mol. The van der Waals surface area contributed by atoms with Crippen molar-refractivity contribution in [3.05, 3.63) is 57.9 Å². The summed E-state index contributed by atoms with van der Waals surface area (Å²) in [5, 5.41) is 10.2. The summed E-state index contributed by atoms with van der Waals surface area (Å²) in [5.74, 6) is 6.18. The van der Waals surface area contributed by atoms with Gasteiger partial charge in [-0.3, -0.25) is 4.79 Å². The Morgan fingerprint density at radius 3 is 2.65 bits per heavy atom. The highest BCUT2D eigenvalue weighted by atomic mass is 16.1. The number of pyridine rings is 1. The Morgan fingerprint density at radius 2 is 2.04 bits per heavy atom. The fourth-order valence-corrected chi connectivity index (χ4v) is 2.35. The van der Waals surface area contributed by atoms with Crippen LogP contribution in [0.3, 0.4) is 0 Å². The van der Waals surface area contributed by atoms with Crippen LogP contribution in [0.15, 0.2) is 51.5 Å². The van der Waals surface area contributed by atoms with E-state index in [1.807, 2.05) is 39.0 Å². The molecule has 23 heavy (non-hydrogen) atoms. The first kappa shape index (κ1) is 16.4. The maximum absolute atomic E-state index is 11.4. The number of amidine groups is 1. The molecule has 120 valence electrons. The van der Waals surface area contributed by atoms with Crippen molar-refractivity contribution in [1.29, 1.82) is 5.53 Å². The van der Waals surface area contributed by atoms with Crippen molar-refractivity contribution in [3.63, 3.8) is 0 Å². The lowest BCUT2D eigenvalue weighted by Crippen LogP contribution is -2.28. The lowest BCUT2D eigenvalue weighted by atomic mass is 9.82. The normalized spacial score (nSPS) is 12.0. The number of hydrogen-bond donors (Lipinski definition) is 4. The quantitative estimate of drug-likeness (QED) is 0.228. The highest BCUT2D eigenvalue weighted by Gasteiger charge is 2.28. The second kappa shape index (κ2) is 6.43. The Kier molecular flexibility index (Phi) is 4.59. The molecule has 0 atom stereocenters. The van der Waals surface area contributed by atoms with E-state index in [0.717, 1.165) is 16.8 Å². The number of nitrogens with zero attached hydrogens (tertiary/aromatic N) is 2. The topological polar surface area (TPSA) is 119 Å². The molecule has 1 aromatic heterocycles. The van der Waals surface area contributed by atoms with Crippen molar-refractivity contribution in [2.45, 2.75) is 26.2 Å². The van der Waals surface area contributed by atoms with Crippen LogP contribution < -0.4 is 16.6 Å². The summed E-state index contributed by atoms with van der Waals surface area (Å²) in [5.41, 5.74) is 9.30. The average molecular weight is 312 g/mol. The molecule has 0 saturated carbocycles. The minimum Gasteiger partial charge on any atom is -0.348 e. The number of hydrazone groups is 1. The lowest BCUT2D eigenvalue weighted by molar-refractivity contribution is 0.697. The molecule has 0 aliphatic heterocycles. The maximum Gasteiger partial charge on any atom is 0.183 e. The van der Waals surface area contributed by atoms with E-state index in [-0.39, 0.29) is 11.3 Å².